The molecule has 3 nitrogen and oxygen atoms in total. The third kappa shape index (κ3) is 1.35. The molecule has 2 rings (SSSR count). The maximum Gasteiger partial charge on any atom is 0.120 e. The average molecular weight is 165 g/mol. The molecule has 1 aromatic rings. The SMILES string of the molecule is C1=NNC(c2ccncc2)S1. The van der Waals surface area contributed by atoms with Crippen LogP contribution < -0.4 is 5.43 Å². The molecule has 0 amide bonds. The Morgan fingerprint density at radius 3 is 2.82 bits per heavy atom. The van der Waals surface area contributed by atoms with Crippen molar-refractivity contribution in [1.82, 2.24) is 10.4 Å². The van der Waals surface area contributed by atoms with Crippen LogP contribution >= 0.6 is 11.8 Å². The zero-order chi connectivity index (χ0) is 7.52. The summed E-state index contributed by atoms with van der Waals surface area (Å²) in [6.07, 6.45) is 3.58. The van der Waals surface area contributed by atoms with Crippen molar-refractivity contribution < 1.29 is 0 Å². The first-order chi connectivity index (χ1) is 5.47. The van der Waals surface area contributed by atoms with Crippen molar-refractivity contribution in [2.45, 2.75) is 5.37 Å². The Morgan fingerprint density at radius 2 is 2.18 bits per heavy atom. The van der Waals surface area contributed by atoms with Gasteiger partial charge in [-0.05, 0) is 17.7 Å². The highest BCUT2D eigenvalue weighted by Gasteiger charge is 2.12. The molecule has 1 N–H and O–H groups in total. The van der Waals surface area contributed by atoms with Crippen LogP contribution in [0.4, 0.5) is 0 Å². The van der Waals surface area contributed by atoms with Gasteiger partial charge < -0.3 is 0 Å². The lowest BCUT2D eigenvalue weighted by atomic mass is 10.3. The quantitative estimate of drug-likeness (QED) is 0.682. The highest BCUT2D eigenvalue weighted by atomic mass is 32.2. The van der Waals surface area contributed by atoms with Crippen molar-refractivity contribution in [3.63, 3.8) is 0 Å². The van der Waals surface area contributed by atoms with Gasteiger partial charge in [-0.15, -0.1) is 0 Å². The second-order valence-corrected chi connectivity index (χ2v) is 3.11. The molecule has 0 radical (unpaired) electrons. The van der Waals surface area contributed by atoms with Gasteiger partial charge in [0.15, 0.2) is 0 Å². The van der Waals surface area contributed by atoms with Gasteiger partial charge in [-0.3, -0.25) is 10.4 Å². The van der Waals surface area contributed by atoms with Gasteiger partial charge >= 0.3 is 0 Å². The van der Waals surface area contributed by atoms with Crippen LogP contribution in [0.25, 0.3) is 0 Å². The summed E-state index contributed by atoms with van der Waals surface area (Å²) in [6.45, 7) is 0. The van der Waals surface area contributed by atoms with Gasteiger partial charge in [-0.1, -0.05) is 11.8 Å². The minimum Gasteiger partial charge on any atom is -0.292 e. The standard InChI is InChI=1S/C7H7N3S/c1-3-8-4-2-6(1)7-10-9-5-11-7/h1-5,7,10H. The van der Waals surface area contributed by atoms with Gasteiger partial charge in [-0.25, -0.2) is 0 Å². The Kier molecular flexibility index (Phi) is 1.77. The Bertz CT molecular complexity index is 252. The van der Waals surface area contributed by atoms with Crippen LogP contribution in [-0.4, -0.2) is 10.5 Å². The molecule has 1 aliphatic heterocycles. The van der Waals surface area contributed by atoms with Gasteiger partial charge in [0.1, 0.15) is 5.37 Å². The van der Waals surface area contributed by atoms with Gasteiger partial charge in [0, 0.05) is 12.4 Å². The minimum atomic E-state index is 0.276. The molecule has 0 spiro atoms. The van der Waals surface area contributed by atoms with E-state index < -0.39 is 0 Å². The van der Waals surface area contributed by atoms with Crippen molar-refractivity contribution in [1.29, 1.82) is 0 Å². The van der Waals surface area contributed by atoms with Crippen LogP contribution in [-0.2, 0) is 0 Å². The maximum absolute atomic E-state index is 3.94. The van der Waals surface area contributed by atoms with Crippen molar-refractivity contribution in [3.05, 3.63) is 30.1 Å². The first kappa shape index (κ1) is 6.67. The molecule has 0 bridgehead atoms. The third-order valence-corrected chi connectivity index (χ3v) is 2.33. The Labute approximate surface area is 68.9 Å². The van der Waals surface area contributed by atoms with Crippen LogP contribution in [0.3, 0.4) is 0 Å². The second kappa shape index (κ2) is 2.92. The van der Waals surface area contributed by atoms with Crippen LogP contribution in [0.5, 0.6) is 0 Å². The molecule has 2 heterocycles. The van der Waals surface area contributed by atoms with Gasteiger partial charge in [0.25, 0.3) is 0 Å². The summed E-state index contributed by atoms with van der Waals surface area (Å²) in [7, 11) is 0. The average Bonchev–Trinajstić information content (AvgIpc) is 2.58. The maximum atomic E-state index is 3.94. The molecular formula is C7H7N3S. The first-order valence-electron chi connectivity index (χ1n) is 3.29. The molecule has 0 saturated carbocycles. The third-order valence-electron chi connectivity index (χ3n) is 1.45. The van der Waals surface area contributed by atoms with E-state index in [1.165, 1.54) is 5.56 Å². The Balaban J connectivity index is 2.17. The van der Waals surface area contributed by atoms with E-state index in [0.717, 1.165) is 0 Å². The van der Waals surface area contributed by atoms with Crippen LogP contribution in [0.1, 0.15) is 10.9 Å². The normalized spacial score (nSPS) is 21.6. The Hall–Kier alpha value is -1.03. The number of thioether (sulfide) groups is 1. The number of nitrogens with one attached hydrogen (secondary N) is 1. The van der Waals surface area contributed by atoms with E-state index in [4.69, 9.17) is 0 Å². The smallest absolute Gasteiger partial charge is 0.120 e. The second-order valence-electron chi connectivity index (χ2n) is 2.16. The molecule has 1 atom stereocenters. The lowest BCUT2D eigenvalue weighted by Gasteiger charge is -2.06. The van der Waals surface area contributed by atoms with E-state index in [0.29, 0.717) is 0 Å². The molecule has 56 valence electrons. The molecule has 1 unspecified atom stereocenters. The van der Waals surface area contributed by atoms with Crippen molar-refractivity contribution >= 4 is 17.3 Å². The number of aromatic nitrogens is 1. The lowest BCUT2D eigenvalue weighted by Crippen LogP contribution is -2.06. The number of rotatable bonds is 1. The number of hydrogen-bond acceptors (Lipinski definition) is 4. The zero-order valence-corrected chi connectivity index (χ0v) is 6.58. The molecule has 0 fully saturated rings. The highest BCUT2D eigenvalue weighted by Crippen LogP contribution is 2.26. The van der Waals surface area contributed by atoms with Crippen LogP contribution in [0, 0.1) is 0 Å². The molecule has 4 heteroatoms. The van der Waals surface area contributed by atoms with E-state index in [9.17, 15) is 0 Å². The fourth-order valence-electron chi connectivity index (χ4n) is 0.911. The van der Waals surface area contributed by atoms with Gasteiger partial charge in [-0.2, -0.15) is 5.10 Å². The summed E-state index contributed by atoms with van der Waals surface area (Å²) in [5, 5.41) is 4.18. The van der Waals surface area contributed by atoms with E-state index in [1.54, 1.807) is 24.2 Å². The summed E-state index contributed by atoms with van der Waals surface area (Å²) < 4.78 is 0. The first-order valence-corrected chi connectivity index (χ1v) is 4.23. The fourth-order valence-corrected chi connectivity index (χ4v) is 1.59. The Morgan fingerprint density at radius 1 is 1.36 bits per heavy atom. The van der Waals surface area contributed by atoms with Crippen LogP contribution in [0.15, 0.2) is 29.6 Å². The number of hydrogen-bond donors (Lipinski definition) is 1. The van der Waals surface area contributed by atoms with Crippen molar-refractivity contribution in [2.24, 2.45) is 5.10 Å². The van der Waals surface area contributed by atoms with Gasteiger partial charge in [0.05, 0.1) is 5.55 Å². The minimum absolute atomic E-state index is 0.276. The van der Waals surface area contributed by atoms with E-state index >= 15 is 0 Å². The predicted molar refractivity (Wildman–Crippen MR) is 46.2 cm³/mol. The summed E-state index contributed by atoms with van der Waals surface area (Å²) in [4.78, 5) is 3.94. The summed E-state index contributed by atoms with van der Waals surface area (Å²) in [6, 6.07) is 3.97. The number of pyridine rings is 1. The number of nitrogens with zero attached hydrogens (tertiary/aromatic N) is 2. The summed E-state index contributed by atoms with van der Waals surface area (Å²) in [5.74, 6) is 0. The molecule has 0 aliphatic carbocycles. The molecule has 11 heavy (non-hydrogen) atoms. The van der Waals surface area contributed by atoms with Gasteiger partial charge in [0.2, 0.25) is 0 Å². The van der Waals surface area contributed by atoms with Crippen molar-refractivity contribution in [2.75, 3.05) is 0 Å². The number of hydrazone groups is 1. The zero-order valence-electron chi connectivity index (χ0n) is 5.77. The molecule has 0 saturated heterocycles. The molecular weight excluding hydrogens is 158 g/mol. The largest absolute Gasteiger partial charge is 0.292 e. The molecule has 1 aromatic heterocycles. The lowest BCUT2D eigenvalue weighted by molar-refractivity contribution is 0.744. The highest BCUT2D eigenvalue weighted by molar-refractivity contribution is 8.12. The van der Waals surface area contributed by atoms with E-state index in [1.807, 2.05) is 17.7 Å². The topological polar surface area (TPSA) is 37.3 Å². The summed E-state index contributed by atoms with van der Waals surface area (Å²) >= 11 is 1.66. The van der Waals surface area contributed by atoms with Crippen molar-refractivity contribution in [3.8, 4) is 0 Å². The monoisotopic (exact) mass is 165 g/mol. The molecule has 1 aliphatic rings. The summed E-state index contributed by atoms with van der Waals surface area (Å²) in [5.41, 5.74) is 6.00. The van der Waals surface area contributed by atoms with Crippen LogP contribution in [0.2, 0.25) is 0 Å². The van der Waals surface area contributed by atoms with E-state index in [-0.39, 0.29) is 5.37 Å². The molecule has 0 aromatic carbocycles. The van der Waals surface area contributed by atoms with E-state index in [2.05, 4.69) is 15.5 Å². The predicted octanol–water partition coefficient (Wildman–Crippen LogP) is 1.36. The fraction of sp³-hybridized carbons (Fsp3) is 0.143.